The minimum Gasteiger partial charge on any atom is -0.0666 e. The Hall–Kier alpha value is 0.400. The zero-order valence-electron chi connectivity index (χ0n) is 7.30. The van der Waals surface area contributed by atoms with Crippen LogP contribution in [0.3, 0.4) is 0 Å². The number of hydrogen-bond acceptors (Lipinski definition) is 2. The molecule has 0 saturated carbocycles. The second-order valence-electron chi connectivity index (χ2n) is 3.45. The normalized spacial score (nSPS) is 12.0. The highest BCUT2D eigenvalue weighted by Gasteiger charge is 2.22. The molecule has 0 spiro atoms. The molecule has 0 aliphatic carbocycles. The average Bonchev–Trinajstić information content (AvgIpc) is 2.32. The van der Waals surface area contributed by atoms with Gasteiger partial charge in [-0.3, -0.25) is 0 Å². The molecule has 0 unspecified atom stereocenters. The van der Waals surface area contributed by atoms with Gasteiger partial charge in [0.15, 0.2) is 10.3 Å². The van der Waals surface area contributed by atoms with E-state index in [0.29, 0.717) is 5.41 Å². The van der Waals surface area contributed by atoms with Gasteiger partial charge in [-0.2, -0.15) is 0 Å². The van der Waals surface area contributed by atoms with Gasteiger partial charge in [-0.1, -0.05) is 32.5 Å². The van der Waals surface area contributed by atoms with Crippen molar-refractivity contribution in [2.45, 2.75) is 30.4 Å². The molecule has 0 nitrogen and oxygen atoms in total. The predicted octanol–water partition coefficient (Wildman–Crippen LogP) is 4.11. The van der Waals surface area contributed by atoms with Crippen molar-refractivity contribution in [3.8, 4) is 0 Å². The Morgan fingerprint density at radius 3 is 2.36 bits per heavy atom. The van der Waals surface area contributed by atoms with Crippen molar-refractivity contribution in [2.75, 3.05) is 6.26 Å². The SMILES string of the molecule is CSc1cc(C(C)(C)C)s[s+]1. The Morgan fingerprint density at radius 1 is 1.45 bits per heavy atom. The minimum atomic E-state index is 0.329. The van der Waals surface area contributed by atoms with Crippen LogP contribution in [0.4, 0.5) is 0 Å². The molecule has 11 heavy (non-hydrogen) atoms. The zero-order valence-corrected chi connectivity index (χ0v) is 9.75. The summed E-state index contributed by atoms with van der Waals surface area (Å²) in [7, 11) is 3.78. The number of thioether (sulfide) groups is 1. The highest BCUT2D eigenvalue weighted by Crippen LogP contribution is 2.36. The van der Waals surface area contributed by atoms with Crippen molar-refractivity contribution >= 4 is 32.4 Å². The van der Waals surface area contributed by atoms with Crippen LogP contribution in [-0.4, -0.2) is 6.26 Å². The first kappa shape index (κ1) is 9.49. The van der Waals surface area contributed by atoms with Crippen LogP contribution in [0, 0.1) is 0 Å². The summed E-state index contributed by atoms with van der Waals surface area (Å²) in [5.74, 6) is 0. The molecule has 1 rings (SSSR count). The van der Waals surface area contributed by atoms with E-state index < -0.39 is 0 Å². The van der Waals surface area contributed by atoms with Gasteiger partial charge >= 0.3 is 10.3 Å². The monoisotopic (exact) mass is 205 g/mol. The smallest absolute Gasteiger partial charge is 0.0666 e. The van der Waals surface area contributed by atoms with E-state index in [1.54, 1.807) is 0 Å². The number of rotatable bonds is 1. The van der Waals surface area contributed by atoms with Crippen LogP contribution in [0.1, 0.15) is 25.6 Å². The first-order valence-electron chi connectivity index (χ1n) is 3.51. The van der Waals surface area contributed by atoms with Gasteiger partial charge in [0.25, 0.3) is 4.21 Å². The summed E-state index contributed by atoms with van der Waals surface area (Å²) in [4.78, 5) is 1.49. The van der Waals surface area contributed by atoms with E-state index in [-0.39, 0.29) is 0 Å². The van der Waals surface area contributed by atoms with Crippen molar-refractivity contribution in [3.63, 3.8) is 0 Å². The molecule has 0 N–H and O–H groups in total. The standard InChI is InChI=1S/C8H13S3/c1-8(2,3)6-5-7(9-4)11-10-6/h5H,1-4H3/q+1. The molecule has 1 heterocycles. The van der Waals surface area contributed by atoms with Gasteiger partial charge in [0.1, 0.15) is 0 Å². The summed E-state index contributed by atoms with van der Waals surface area (Å²) in [6.07, 6.45) is 2.13. The Morgan fingerprint density at radius 2 is 2.09 bits per heavy atom. The maximum absolute atomic E-state index is 2.31. The lowest BCUT2D eigenvalue weighted by Gasteiger charge is -2.11. The number of hydrogen-bond donors (Lipinski definition) is 0. The molecule has 0 aromatic carbocycles. The molecular formula is C8H13S3+. The lowest BCUT2D eigenvalue weighted by atomic mass is 9.95. The minimum absolute atomic E-state index is 0.329. The lowest BCUT2D eigenvalue weighted by Crippen LogP contribution is -2.07. The van der Waals surface area contributed by atoms with Gasteiger partial charge in [-0.15, -0.1) is 0 Å². The van der Waals surface area contributed by atoms with Crippen LogP contribution >= 0.6 is 32.4 Å². The van der Waals surface area contributed by atoms with E-state index in [0.717, 1.165) is 0 Å². The summed E-state index contributed by atoms with van der Waals surface area (Å²) < 4.78 is 1.43. The fraction of sp³-hybridized carbons (Fsp3) is 0.625. The Bertz CT molecular complexity index is 232. The third kappa shape index (κ3) is 2.42. The highest BCUT2D eigenvalue weighted by molar-refractivity contribution is 8.02. The van der Waals surface area contributed by atoms with Crippen LogP contribution in [-0.2, 0) is 5.41 Å². The van der Waals surface area contributed by atoms with Crippen LogP contribution in [0.2, 0.25) is 0 Å². The van der Waals surface area contributed by atoms with Crippen molar-refractivity contribution in [2.24, 2.45) is 0 Å². The molecule has 62 valence electrons. The largest absolute Gasteiger partial charge is 0.307 e. The first-order chi connectivity index (χ1) is 5.04. The van der Waals surface area contributed by atoms with Crippen LogP contribution in [0.15, 0.2) is 10.3 Å². The van der Waals surface area contributed by atoms with Crippen LogP contribution in [0.5, 0.6) is 0 Å². The summed E-state index contributed by atoms with van der Waals surface area (Å²) in [5, 5.41) is 0. The molecule has 0 atom stereocenters. The van der Waals surface area contributed by atoms with Crippen molar-refractivity contribution in [3.05, 3.63) is 10.9 Å². The fourth-order valence-corrected chi connectivity index (χ4v) is 4.56. The summed E-state index contributed by atoms with van der Waals surface area (Å²) >= 11 is 1.83. The first-order valence-corrected chi connectivity index (χ1v) is 6.89. The molecule has 0 fully saturated rings. The van der Waals surface area contributed by atoms with Gasteiger partial charge in [0.05, 0.1) is 4.88 Å². The Kier molecular flexibility index (Phi) is 2.95. The molecule has 1 aromatic rings. The second kappa shape index (κ2) is 3.42. The van der Waals surface area contributed by atoms with E-state index in [1.807, 2.05) is 32.4 Å². The fourth-order valence-electron chi connectivity index (χ4n) is 0.676. The molecule has 3 heteroatoms. The summed E-state index contributed by atoms with van der Waals surface area (Å²) in [5.41, 5.74) is 0.329. The summed E-state index contributed by atoms with van der Waals surface area (Å²) in [6, 6.07) is 2.31. The van der Waals surface area contributed by atoms with Crippen molar-refractivity contribution in [1.82, 2.24) is 0 Å². The van der Waals surface area contributed by atoms with Gasteiger partial charge in [-0.05, 0) is 6.26 Å². The van der Waals surface area contributed by atoms with Gasteiger partial charge in [-0.25, -0.2) is 0 Å². The third-order valence-corrected chi connectivity index (χ3v) is 5.59. The maximum Gasteiger partial charge on any atom is 0.307 e. The zero-order chi connectivity index (χ0) is 8.48. The van der Waals surface area contributed by atoms with Crippen molar-refractivity contribution in [1.29, 1.82) is 0 Å². The van der Waals surface area contributed by atoms with Crippen LogP contribution in [0.25, 0.3) is 0 Å². The maximum atomic E-state index is 2.31. The molecule has 1 aromatic heterocycles. The highest BCUT2D eigenvalue weighted by atomic mass is 32.9. The van der Waals surface area contributed by atoms with E-state index >= 15 is 0 Å². The molecule has 0 saturated heterocycles. The lowest BCUT2D eigenvalue weighted by molar-refractivity contribution is 0.603. The molecule has 0 amide bonds. The summed E-state index contributed by atoms with van der Waals surface area (Å²) in [6.45, 7) is 6.78. The van der Waals surface area contributed by atoms with E-state index in [4.69, 9.17) is 0 Å². The Balaban J connectivity index is 2.89. The Labute approximate surface area is 80.1 Å². The topological polar surface area (TPSA) is 0 Å². The quantitative estimate of drug-likeness (QED) is 0.378. The van der Waals surface area contributed by atoms with Crippen molar-refractivity contribution < 1.29 is 0 Å². The second-order valence-corrected chi connectivity index (χ2v) is 6.77. The third-order valence-electron chi connectivity index (χ3n) is 1.40. The van der Waals surface area contributed by atoms with Gasteiger partial charge in [0, 0.05) is 11.5 Å². The predicted molar refractivity (Wildman–Crippen MR) is 57.1 cm³/mol. The molecule has 0 radical (unpaired) electrons. The van der Waals surface area contributed by atoms with E-state index in [1.165, 1.54) is 9.09 Å². The average molecular weight is 205 g/mol. The molecule has 0 aliphatic heterocycles. The van der Waals surface area contributed by atoms with E-state index in [2.05, 4.69) is 33.1 Å². The van der Waals surface area contributed by atoms with Crippen LogP contribution < -0.4 is 0 Å². The molecule has 0 bridgehead atoms. The van der Waals surface area contributed by atoms with E-state index in [9.17, 15) is 0 Å². The van der Waals surface area contributed by atoms with Gasteiger partial charge < -0.3 is 0 Å². The molecular weight excluding hydrogens is 192 g/mol. The molecule has 0 aliphatic rings. The van der Waals surface area contributed by atoms with Gasteiger partial charge in [0.2, 0.25) is 0 Å².